The van der Waals surface area contributed by atoms with Gasteiger partial charge in [-0.1, -0.05) is 44.2 Å². The van der Waals surface area contributed by atoms with E-state index in [-0.39, 0.29) is 31.8 Å². The van der Waals surface area contributed by atoms with E-state index in [4.69, 9.17) is 4.74 Å². The first kappa shape index (κ1) is 56.5. The lowest BCUT2D eigenvalue weighted by atomic mass is 9.98. The van der Waals surface area contributed by atoms with E-state index in [1.54, 1.807) is 56.0 Å². The maximum atomic E-state index is 14.8. The van der Waals surface area contributed by atoms with Crippen LogP contribution < -0.4 is 26.6 Å². The zero-order valence-electron chi connectivity index (χ0n) is 40.9. The Bertz CT molecular complexity index is 1830. The van der Waals surface area contributed by atoms with Crippen LogP contribution in [-0.4, -0.2) is 180 Å². The molecule has 0 spiro atoms. The fourth-order valence-electron chi connectivity index (χ4n) is 7.25. The first-order chi connectivity index (χ1) is 30.8. The standard InChI is InChI=1S/C46H75N9O11/c1-28(2)23-35(41(61)48-26-38(59)50-33(25-37(58)47-9)43(63)55-21-17-14-18-22-55)53(11)44(64)36(24-32-19-15-13-16-20-32)54(12)42(62)34(27-66-46(6,7)8)51-40(60)29(3)52(10)45(65)39(30(4)56)49-31(5)57/h13,15-16,19-20,28-30,33-36,39,56H,14,17-18,21-27H2,1-12H3,(H,47,58)(H,48,61)(H,49,57)(H,50,59)(H,51,60)/t29-,30+,33-,34-,35-,36-,39-/m0/s1. The third-order valence-electron chi connectivity index (χ3n) is 11.3. The molecule has 1 saturated heterocycles. The van der Waals surface area contributed by atoms with Crippen LogP contribution in [0.2, 0.25) is 0 Å². The van der Waals surface area contributed by atoms with Crippen LogP contribution in [0, 0.1) is 5.92 Å². The van der Waals surface area contributed by atoms with Crippen LogP contribution in [0.5, 0.6) is 0 Å². The molecule has 1 heterocycles. The van der Waals surface area contributed by atoms with Crippen LogP contribution >= 0.6 is 0 Å². The van der Waals surface area contributed by atoms with E-state index in [1.807, 2.05) is 13.8 Å². The van der Waals surface area contributed by atoms with Crippen molar-refractivity contribution in [2.24, 2.45) is 5.92 Å². The largest absolute Gasteiger partial charge is 0.391 e. The molecule has 20 heteroatoms. The second kappa shape index (κ2) is 26.5. The van der Waals surface area contributed by atoms with Gasteiger partial charge in [-0.15, -0.1) is 0 Å². The van der Waals surface area contributed by atoms with Crippen LogP contribution in [0.15, 0.2) is 30.3 Å². The molecule has 9 amide bonds. The van der Waals surface area contributed by atoms with Gasteiger partial charge in [-0.3, -0.25) is 43.2 Å². The highest BCUT2D eigenvalue weighted by Gasteiger charge is 2.40. The molecule has 1 aromatic rings. The maximum absolute atomic E-state index is 14.8. The van der Waals surface area contributed by atoms with Gasteiger partial charge >= 0.3 is 0 Å². The number of rotatable bonds is 23. The number of likely N-dealkylation sites (N-methyl/N-ethyl adjacent to an activating group) is 3. The van der Waals surface area contributed by atoms with Gasteiger partial charge in [0.25, 0.3) is 0 Å². The smallest absolute Gasteiger partial charge is 0.248 e. The predicted molar refractivity (Wildman–Crippen MR) is 246 cm³/mol. The molecule has 1 aliphatic rings. The minimum atomic E-state index is -1.38. The average molecular weight is 930 g/mol. The van der Waals surface area contributed by atoms with Crippen molar-refractivity contribution < 1.29 is 53.0 Å². The van der Waals surface area contributed by atoms with Gasteiger partial charge in [-0.25, -0.2) is 0 Å². The van der Waals surface area contributed by atoms with E-state index in [1.165, 1.54) is 58.8 Å². The molecule has 66 heavy (non-hydrogen) atoms. The molecule has 1 aromatic carbocycles. The van der Waals surface area contributed by atoms with Gasteiger partial charge in [-0.2, -0.15) is 0 Å². The molecule has 1 aliphatic heterocycles. The van der Waals surface area contributed by atoms with E-state index < -0.39 is 108 Å². The molecule has 1 fully saturated rings. The molecular weight excluding hydrogens is 855 g/mol. The molecule has 0 bridgehead atoms. The maximum Gasteiger partial charge on any atom is 0.248 e. The van der Waals surface area contributed by atoms with Crippen LogP contribution in [-0.2, 0) is 54.3 Å². The third kappa shape index (κ3) is 18.0. The van der Waals surface area contributed by atoms with Crippen molar-refractivity contribution in [3.8, 4) is 0 Å². The Morgan fingerprint density at radius 1 is 0.742 bits per heavy atom. The van der Waals surface area contributed by atoms with Crippen molar-refractivity contribution in [3.05, 3.63) is 35.9 Å². The molecule has 6 N–H and O–H groups in total. The van der Waals surface area contributed by atoms with Gasteiger partial charge in [0, 0.05) is 54.6 Å². The fourth-order valence-corrected chi connectivity index (χ4v) is 7.25. The van der Waals surface area contributed by atoms with Gasteiger partial charge in [0.2, 0.25) is 53.2 Å². The molecule has 2 rings (SSSR count). The summed E-state index contributed by atoms with van der Waals surface area (Å²) in [7, 11) is 5.58. The second-order valence-electron chi connectivity index (χ2n) is 18.4. The Kier molecular flexibility index (Phi) is 22.7. The summed E-state index contributed by atoms with van der Waals surface area (Å²) in [6, 6.07) is 1.46. The summed E-state index contributed by atoms with van der Waals surface area (Å²) in [6.45, 7) is 13.0. The van der Waals surface area contributed by atoms with E-state index in [0.717, 1.165) is 24.2 Å². The first-order valence-electron chi connectivity index (χ1n) is 22.6. The number of hydrogen-bond donors (Lipinski definition) is 6. The molecule has 370 valence electrons. The highest BCUT2D eigenvalue weighted by molar-refractivity contribution is 5.97. The fraction of sp³-hybridized carbons (Fsp3) is 0.674. The number of likely N-dealkylation sites (tertiary alicyclic amines) is 1. The monoisotopic (exact) mass is 930 g/mol. The summed E-state index contributed by atoms with van der Waals surface area (Å²) in [5.41, 5.74) is -0.0898. The number of carbonyl (C=O) groups excluding carboxylic acids is 9. The third-order valence-corrected chi connectivity index (χ3v) is 11.3. The summed E-state index contributed by atoms with van der Waals surface area (Å²) in [4.78, 5) is 126. The van der Waals surface area contributed by atoms with Crippen molar-refractivity contribution in [1.82, 2.24) is 46.2 Å². The number of piperidine rings is 1. The Balaban J connectivity index is 2.43. The Morgan fingerprint density at radius 2 is 1.33 bits per heavy atom. The number of aliphatic hydroxyl groups excluding tert-OH is 1. The Hall–Kier alpha value is -5.63. The van der Waals surface area contributed by atoms with E-state index >= 15 is 0 Å². The molecule has 0 aromatic heterocycles. The van der Waals surface area contributed by atoms with Gasteiger partial charge in [0.1, 0.15) is 36.3 Å². The van der Waals surface area contributed by atoms with Crippen molar-refractivity contribution >= 4 is 53.2 Å². The minimum Gasteiger partial charge on any atom is -0.391 e. The number of hydrogen-bond acceptors (Lipinski definition) is 11. The lowest BCUT2D eigenvalue weighted by Gasteiger charge is -2.37. The van der Waals surface area contributed by atoms with Crippen molar-refractivity contribution in [3.63, 3.8) is 0 Å². The second-order valence-corrected chi connectivity index (χ2v) is 18.4. The zero-order valence-corrected chi connectivity index (χ0v) is 40.9. The lowest BCUT2D eigenvalue weighted by molar-refractivity contribution is -0.151. The SMILES string of the molecule is CNC(=O)C[C@H](NC(=O)CNC(=O)[C@H](CC(C)C)N(C)C(=O)[C@H](Cc1ccccc1)N(C)C(=O)[C@H](COC(C)(C)C)NC(=O)[C@H](C)N(C)C(=O)[C@@H](NC(C)=O)[C@@H](C)O)C(=O)N1CCCCC1. The summed E-state index contributed by atoms with van der Waals surface area (Å²) in [6.07, 6.45) is 1.17. The zero-order chi connectivity index (χ0) is 50.1. The topological polar surface area (TPSA) is 256 Å². The van der Waals surface area contributed by atoms with E-state index in [2.05, 4.69) is 26.6 Å². The highest BCUT2D eigenvalue weighted by Crippen LogP contribution is 2.19. The minimum absolute atomic E-state index is 0.000761. The molecule has 7 atom stereocenters. The van der Waals surface area contributed by atoms with Gasteiger partial charge in [0.05, 0.1) is 31.3 Å². The van der Waals surface area contributed by atoms with E-state index in [0.29, 0.717) is 18.7 Å². The molecule has 0 radical (unpaired) electrons. The molecule has 0 unspecified atom stereocenters. The number of nitrogens with zero attached hydrogens (tertiary/aromatic N) is 4. The molecule has 0 saturated carbocycles. The van der Waals surface area contributed by atoms with Gasteiger partial charge in [0.15, 0.2) is 0 Å². The van der Waals surface area contributed by atoms with Crippen LogP contribution in [0.1, 0.15) is 93.1 Å². The first-order valence-corrected chi connectivity index (χ1v) is 22.6. The normalized spacial score (nSPS) is 15.9. The van der Waals surface area contributed by atoms with Crippen molar-refractivity contribution in [2.45, 2.75) is 142 Å². The number of carbonyl (C=O) groups is 9. The van der Waals surface area contributed by atoms with Gasteiger partial charge < -0.3 is 56.0 Å². The molecule has 20 nitrogen and oxygen atoms in total. The van der Waals surface area contributed by atoms with Crippen LogP contribution in [0.4, 0.5) is 0 Å². The van der Waals surface area contributed by atoms with Crippen molar-refractivity contribution in [1.29, 1.82) is 0 Å². The van der Waals surface area contributed by atoms with Gasteiger partial charge in [-0.05, 0) is 71.8 Å². The number of nitrogens with one attached hydrogen (secondary N) is 5. The average Bonchev–Trinajstić information content (AvgIpc) is 3.27. The Morgan fingerprint density at radius 3 is 1.86 bits per heavy atom. The number of ether oxygens (including phenoxy) is 1. The quantitative estimate of drug-likeness (QED) is 0.0832. The Labute approximate surface area is 389 Å². The van der Waals surface area contributed by atoms with Crippen LogP contribution in [0.3, 0.4) is 0 Å². The summed E-state index contributed by atoms with van der Waals surface area (Å²) >= 11 is 0. The number of aliphatic hydroxyl groups is 1. The highest BCUT2D eigenvalue weighted by atomic mass is 16.5. The molecular formula is C46H75N9O11. The lowest BCUT2D eigenvalue weighted by Crippen LogP contribution is -2.61. The van der Waals surface area contributed by atoms with Crippen molar-refractivity contribution in [2.75, 3.05) is 54.4 Å². The van der Waals surface area contributed by atoms with Crippen LogP contribution in [0.25, 0.3) is 0 Å². The predicted octanol–water partition coefficient (Wildman–Crippen LogP) is -0.289. The summed E-state index contributed by atoms with van der Waals surface area (Å²) in [5, 5.41) is 23.0. The summed E-state index contributed by atoms with van der Waals surface area (Å²) in [5.74, 6) is -5.76. The number of amides is 9. The van der Waals surface area contributed by atoms with E-state index in [9.17, 15) is 48.3 Å². The molecule has 0 aliphatic carbocycles. The summed E-state index contributed by atoms with van der Waals surface area (Å²) < 4.78 is 5.98. The number of benzene rings is 1.